The van der Waals surface area contributed by atoms with Crippen LogP contribution in [0.1, 0.15) is 12.5 Å². The van der Waals surface area contributed by atoms with Gasteiger partial charge in [0.25, 0.3) is 0 Å². The molecule has 0 radical (unpaired) electrons. The molecule has 1 heterocycles. The number of amidine groups is 1. The maximum absolute atomic E-state index is 4.32. The van der Waals surface area contributed by atoms with Crippen LogP contribution in [0.2, 0.25) is 0 Å². The number of hydrogen-bond donors (Lipinski definition) is 2. The van der Waals surface area contributed by atoms with Gasteiger partial charge < -0.3 is 5.32 Å². The Morgan fingerprint density at radius 1 is 1.33 bits per heavy atom. The van der Waals surface area contributed by atoms with Gasteiger partial charge in [-0.05, 0) is 12.5 Å². The summed E-state index contributed by atoms with van der Waals surface area (Å²) in [5.74, 6) is 0.868. The monoisotopic (exact) mass is 239 g/mol. The molecule has 1 unspecified atom stereocenters. The number of nitrogens with zero attached hydrogens (tertiary/aromatic N) is 1. The van der Waals surface area contributed by atoms with Crippen molar-refractivity contribution < 1.29 is 0 Å². The van der Waals surface area contributed by atoms with Crippen molar-refractivity contribution in [2.75, 3.05) is 0 Å². The van der Waals surface area contributed by atoms with Crippen LogP contribution in [0.5, 0.6) is 0 Å². The Morgan fingerprint density at radius 2 is 2.11 bits per heavy atom. The molecule has 3 heteroatoms. The summed E-state index contributed by atoms with van der Waals surface area (Å²) in [4.78, 5) is 0. The summed E-state index contributed by atoms with van der Waals surface area (Å²) in [6.07, 6.45) is 7.76. The smallest absolute Gasteiger partial charge is 0.155 e. The van der Waals surface area contributed by atoms with Gasteiger partial charge in [0.05, 0.1) is 0 Å². The zero-order valence-electron chi connectivity index (χ0n) is 10.4. The summed E-state index contributed by atoms with van der Waals surface area (Å²) < 4.78 is 0. The van der Waals surface area contributed by atoms with Crippen molar-refractivity contribution in [3.8, 4) is 0 Å². The molecule has 0 bridgehead atoms. The van der Waals surface area contributed by atoms with E-state index in [9.17, 15) is 0 Å². The zero-order chi connectivity index (χ0) is 12.8. The van der Waals surface area contributed by atoms with Crippen molar-refractivity contribution >= 4 is 5.84 Å². The fraction of sp³-hybridized carbons (Fsp3) is 0.133. The number of allylic oxidation sites excluding steroid dienone is 3. The van der Waals surface area contributed by atoms with Gasteiger partial charge in [-0.1, -0.05) is 61.2 Å². The summed E-state index contributed by atoms with van der Waals surface area (Å²) in [6, 6.07) is 10.1. The van der Waals surface area contributed by atoms with Crippen LogP contribution in [0.15, 0.2) is 71.9 Å². The van der Waals surface area contributed by atoms with E-state index >= 15 is 0 Å². The third-order valence-corrected chi connectivity index (χ3v) is 2.73. The average Bonchev–Trinajstić information content (AvgIpc) is 2.90. The lowest BCUT2D eigenvalue weighted by Crippen LogP contribution is -2.36. The molecule has 0 saturated carbocycles. The SMILES string of the molecule is C=C/C=C\C(=C/C)C1NN=C(c2ccccc2)N1. The van der Waals surface area contributed by atoms with Crippen molar-refractivity contribution in [3.05, 3.63) is 72.4 Å². The van der Waals surface area contributed by atoms with Gasteiger partial charge in [-0.15, -0.1) is 0 Å². The first kappa shape index (κ1) is 12.2. The zero-order valence-corrected chi connectivity index (χ0v) is 10.4. The number of benzene rings is 1. The van der Waals surface area contributed by atoms with E-state index in [4.69, 9.17) is 0 Å². The number of rotatable bonds is 4. The molecule has 1 aromatic carbocycles. The van der Waals surface area contributed by atoms with Gasteiger partial charge >= 0.3 is 0 Å². The minimum Gasteiger partial charge on any atom is -0.343 e. The third kappa shape index (κ3) is 2.69. The maximum atomic E-state index is 4.32. The van der Waals surface area contributed by atoms with Crippen LogP contribution in [0.3, 0.4) is 0 Å². The Kier molecular flexibility index (Phi) is 3.97. The molecule has 0 amide bonds. The molecule has 1 aliphatic rings. The fourth-order valence-corrected chi connectivity index (χ4v) is 1.77. The van der Waals surface area contributed by atoms with Crippen LogP contribution in [0.4, 0.5) is 0 Å². The average molecular weight is 239 g/mol. The molecule has 18 heavy (non-hydrogen) atoms. The van der Waals surface area contributed by atoms with Gasteiger partial charge in [-0.2, -0.15) is 5.10 Å². The Morgan fingerprint density at radius 3 is 2.78 bits per heavy atom. The standard InChI is InChI=1S/C15H17N3/c1-3-5-9-12(4-2)14-16-15(18-17-14)13-10-7-6-8-11-13/h3-11,14,17H,1H2,2H3,(H,16,18)/b9-5-,12-4+. The normalized spacial score (nSPS) is 19.3. The van der Waals surface area contributed by atoms with E-state index in [0.717, 1.165) is 17.0 Å². The largest absolute Gasteiger partial charge is 0.343 e. The van der Waals surface area contributed by atoms with Crippen LogP contribution in [-0.4, -0.2) is 12.0 Å². The highest BCUT2D eigenvalue weighted by molar-refractivity contribution is 5.99. The molecule has 1 aliphatic heterocycles. The van der Waals surface area contributed by atoms with Crippen LogP contribution >= 0.6 is 0 Å². The lowest BCUT2D eigenvalue weighted by Gasteiger charge is -2.13. The first-order valence-electron chi connectivity index (χ1n) is 5.95. The first-order chi connectivity index (χ1) is 8.85. The highest BCUT2D eigenvalue weighted by Gasteiger charge is 2.19. The molecule has 3 nitrogen and oxygen atoms in total. The summed E-state index contributed by atoms with van der Waals surface area (Å²) in [6.45, 7) is 5.68. The van der Waals surface area contributed by atoms with Gasteiger partial charge in [0.2, 0.25) is 0 Å². The highest BCUT2D eigenvalue weighted by atomic mass is 15.4. The second-order valence-corrected chi connectivity index (χ2v) is 3.92. The quantitative estimate of drug-likeness (QED) is 0.792. The molecule has 0 spiro atoms. The van der Waals surface area contributed by atoms with Crippen LogP contribution in [0.25, 0.3) is 0 Å². The van der Waals surface area contributed by atoms with E-state index in [1.807, 2.05) is 55.5 Å². The van der Waals surface area contributed by atoms with Crippen molar-refractivity contribution in [3.63, 3.8) is 0 Å². The van der Waals surface area contributed by atoms with E-state index in [1.54, 1.807) is 6.08 Å². The Bertz CT molecular complexity index is 498. The fourth-order valence-electron chi connectivity index (χ4n) is 1.77. The Labute approximate surface area is 108 Å². The molecule has 0 fully saturated rings. The van der Waals surface area contributed by atoms with E-state index in [1.165, 1.54) is 0 Å². The lowest BCUT2D eigenvalue weighted by atomic mass is 10.1. The molecule has 1 atom stereocenters. The third-order valence-electron chi connectivity index (χ3n) is 2.73. The summed E-state index contributed by atoms with van der Waals surface area (Å²) >= 11 is 0. The molecule has 0 saturated heterocycles. The molecular weight excluding hydrogens is 222 g/mol. The molecule has 92 valence electrons. The summed E-state index contributed by atoms with van der Waals surface area (Å²) in [5.41, 5.74) is 5.30. The van der Waals surface area contributed by atoms with Crippen LogP contribution < -0.4 is 10.7 Å². The summed E-state index contributed by atoms with van der Waals surface area (Å²) in [5, 5.41) is 7.67. The minimum absolute atomic E-state index is 0.0152. The van der Waals surface area contributed by atoms with E-state index in [0.29, 0.717) is 0 Å². The Hall–Kier alpha value is -2.29. The predicted molar refractivity (Wildman–Crippen MR) is 76.1 cm³/mol. The predicted octanol–water partition coefficient (Wildman–Crippen LogP) is 2.56. The number of nitrogens with one attached hydrogen (secondary N) is 2. The van der Waals surface area contributed by atoms with Gasteiger partial charge in [0, 0.05) is 5.56 Å². The maximum Gasteiger partial charge on any atom is 0.155 e. The van der Waals surface area contributed by atoms with Gasteiger partial charge in [-0.3, -0.25) is 5.43 Å². The van der Waals surface area contributed by atoms with Crippen molar-refractivity contribution in [2.45, 2.75) is 13.1 Å². The van der Waals surface area contributed by atoms with Crippen molar-refractivity contribution in [2.24, 2.45) is 5.10 Å². The second-order valence-electron chi connectivity index (χ2n) is 3.92. The molecule has 2 N–H and O–H groups in total. The molecule has 0 aliphatic carbocycles. The number of hydrazone groups is 1. The van der Waals surface area contributed by atoms with Crippen molar-refractivity contribution in [1.29, 1.82) is 0 Å². The van der Waals surface area contributed by atoms with Gasteiger partial charge in [0.15, 0.2) is 5.84 Å². The van der Waals surface area contributed by atoms with E-state index in [2.05, 4.69) is 22.4 Å². The topological polar surface area (TPSA) is 36.4 Å². The number of hydrogen-bond acceptors (Lipinski definition) is 3. The molecule has 0 aromatic heterocycles. The molecular formula is C15H17N3. The Balaban J connectivity index is 2.07. The van der Waals surface area contributed by atoms with Crippen LogP contribution in [-0.2, 0) is 0 Å². The first-order valence-corrected chi connectivity index (χ1v) is 5.95. The minimum atomic E-state index is 0.0152. The van der Waals surface area contributed by atoms with Crippen LogP contribution in [0, 0.1) is 0 Å². The van der Waals surface area contributed by atoms with E-state index < -0.39 is 0 Å². The lowest BCUT2D eigenvalue weighted by molar-refractivity contribution is 0.625. The van der Waals surface area contributed by atoms with Gasteiger partial charge in [-0.25, -0.2) is 0 Å². The van der Waals surface area contributed by atoms with Crippen molar-refractivity contribution in [1.82, 2.24) is 10.7 Å². The van der Waals surface area contributed by atoms with Gasteiger partial charge in [0.1, 0.15) is 6.17 Å². The second kappa shape index (κ2) is 5.87. The molecule has 1 aromatic rings. The summed E-state index contributed by atoms with van der Waals surface area (Å²) in [7, 11) is 0. The highest BCUT2D eigenvalue weighted by Crippen LogP contribution is 2.09. The van der Waals surface area contributed by atoms with E-state index in [-0.39, 0.29) is 6.17 Å². The molecule has 2 rings (SSSR count).